The quantitative estimate of drug-likeness (QED) is 0.402. The van der Waals surface area contributed by atoms with Crippen LogP contribution in [0, 0.1) is 11.2 Å². The molecule has 1 aliphatic rings. The Kier molecular flexibility index (Phi) is 9.35. The number of halogens is 2. The summed E-state index contributed by atoms with van der Waals surface area (Å²) in [4.78, 5) is 22.6. The van der Waals surface area contributed by atoms with Crippen LogP contribution in [0.25, 0.3) is 11.3 Å². The normalized spacial score (nSPS) is 15.7. The molecule has 2 N–H and O–H groups in total. The van der Waals surface area contributed by atoms with Gasteiger partial charge in [0, 0.05) is 44.0 Å². The maximum atomic E-state index is 14.2. The SMILES string of the molecule is CC(C)(C)C(c1nc(-c2cccc(F)c2)cn1Cc1ccccc1)N(CC[C@H](N)CF)C(=O)N1CCOCC1. The molecule has 39 heavy (non-hydrogen) atoms. The van der Waals surface area contributed by atoms with Crippen LogP contribution in [0.3, 0.4) is 0 Å². The number of aromatic nitrogens is 2. The van der Waals surface area contributed by atoms with Crippen molar-refractivity contribution in [2.45, 2.75) is 45.8 Å². The van der Waals surface area contributed by atoms with Gasteiger partial charge in [-0.2, -0.15) is 0 Å². The fraction of sp³-hybridized carbons (Fsp3) is 0.467. The van der Waals surface area contributed by atoms with E-state index in [1.807, 2.05) is 47.2 Å². The number of ether oxygens (including phenoxy) is 1. The van der Waals surface area contributed by atoms with E-state index < -0.39 is 24.2 Å². The number of nitrogens with zero attached hydrogens (tertiary/aromatic N) is 4. The van der Waals surface area contributed by atoms with Gasteiger partial charge < -0.3 is 24.8 Å². The molecule has 0 spiro atoms. The summed E-state index contributed by atoms with van der Waals surface area (Å²) < 4.78 is 35.1. The molecule has 1 unspecified atom stereocenters. The number of carbonyl (C=O) groups is 1. The lowest BCUT2D eigenvalue weighted by Gasteiger charge is -2.43. The molecule has 2 aromatic carbocycles. The number of benzene rings is 2. The zero-order valence-electron chi connectivity index (χ0n) is 23.0. The molecule has 9 heteroatoms. The molecule has 1 saturated heterocycles. The summed E-state index contributed by atoms with van der Waals surface area (Å²) in [6.07, 6.45) is 2.23. The van der Waals surface area contributed by atoms with Crippen molar-refractivity contribution >= 4 is 6.03 Å². The van der Waals surface area contributed by atoms with E-state index in [-0.39, 0.29) is 18.4 Å². The summed E-state index contributed by atoms with van der Waals surface area (Å²) >= 11 is 0. The number of morpholine rings is 1. The van der Waals surface area contributed by atoms with Crippen LogP contribution >= 0.6 is 0 Å². The van der Waals surface area contributed by atoms with E-state index in [0.717, 1.165) is 5.56 Å². The summed E-state index contributed by atoms with van der Waals surface area (Å²) in [7, 11) is 0. The molecule has 2 amide bonds. The zero-order valence-corrected chi connectivity index (χ0v) is 23.0. The number of hydrogen-bond donors (Lipinski definition) is 1. The first-order chi connectivity index (χ1) is 18.7. The number of rotatable bonds is 9. The number of nitrogens with two attached hydrogens (primary N) is 1. The minimum atomic E-state index is -0.669. The van der Waals surface area contributed by atoms with Gasteiger partial charge in [0.1, 0.15) is 18.3 Å². The summed E-state index contributed by atoms with van der Waals surface area (Å²) in [6, 6.07) is 15.1. The van der Waals surface area contributed by atoms with Crippen LogP contribution in [0.15, 0.2) is 60.8 Å². The second kappa shape index (κ2) is 12.7. The Morgan fingerprint density at radius 3 is 2.49 bits per heavy atom. The summed E-state index contributed by atoms with van der Waals surface area (Å²) in [5, 5.41) is 0. The predicted molar refractivity (Wildman–Crippen MR) is 148 cm³/mol. The minimum Gasteiger partial charge on any atom is -0.378 e. The van der Waals surface area contributed by atoms with Crippen molar-refractivity contribution in [2.24, 2.45) is 11.1 Å². The van der Waals surface area contributed by atoms with Crippen molar-refractivity contribution in [2.75, 3.05) is 39.5 Å². The average molecular weight is 540 g/mol. The van der Waals surface area contributed by atoms with Gasteiger partial charge >= 0.3 is 6.03 Å². The molecule has 1 aromatic heterocycles. The topological polar surface area (TPSA) is 76.6 Å². The van der Waals surface area contributed by atoms with E-state index in [1.165, 1.54) is 12.1 Å². The fourth-order valence-electron chi connectivity index (χ4n) is 4.99. The lowest BCUT2D eigenvalue weighted by atomic mass is 9.84. The zero-order chi connectivity index (χ0) is 28.0. The van der Waals surface area contributed by atoms with Crippen molar-refractivity contribution in [1.82, 2.24) is 19.4 Å². The van der Waals surface area contributed by atoms with Crippen molar-refractivity contribution in [3.63, 3.8) is 0 Å². The van der Waals surface area contributed by atoms with Gasteiger partial charge in [0.2, 0.25) is 0 Å². The Bertz CT molecular complexity index is 1220. The molecular formula is C30H39F2N5O2. The first kappa shape index (κ1) is 28.7. The number of amides is 2. The standard InChI is InChI=1S/C30H39F2N5O2/c1-30(2,3)27(37(13-12-25(33)19-31)29(38)35-14-16-39-17-15-35)28-34-26(23-10-7-11-24(32)18-23)21-36(28)20-22-8-5-4-6-9-22/h4-11,18,21,25,27H,12-17,19-20,33H2,1-3H3/t25-,27?/m0/s1. The highest BCUT2D eigenvalue weighted by Crippen LogP contribution is 2.40. The molecule has 2 atom stereocenters. The third-order valence-electron chi connectivity index (χ3n) is 6.97. The number of urea groups is 1. The summed E-state index contributed by atoms with van der Waals surface area (Å²) in [6.45, 7) is 8.23. The Hall–Kier alpha value is -3.30. The molecule has 0 aliphatic carbocycles. The molecule has 1 aliphatic heterocycles. The van der Waals surface area contributed by atoms with E-state index in [4.69, 9.17) is 15.5 Å². The van der Waals surface area contributed by atoms with E-state index in [2.05, 4.69) is 20.8 Å². The van der Waals surface area contributed by atoms with Gasteiger partial charge in [-0.05, 0) is 29.5 Å². The van der Waals surface area contributed by atoms with Crippen LogP contribution in [-0.4, -0.2) is 70.9 Å². The van der Waals surface area contributed by atoms with E-state index in [9.17, 15) is 13.6 Å². The highest BCUT2D eigenvalue weighted by molar-refractivity contribution is 5.75. The molecular weight excluding hydrogens is 500 g/mol. The van der Waals surface area contributed by atoms with E-state index >= 15 is 0 Å². The average Bonchev–Trinajstić information content (AvgIpc) is 3.33. The molecule has 2 heterocycles. The molecule has 0 bridgehead atoms. The molecule has 210 valence electrons. The van der Waals surface area contributed by atoms with Crippen molar-refractivity contribution < 1.29 is 18.3 Å². The van der Waals surface area contributed by atoms with Crippen molar-refractivity contribution in [1.29, 1.82) is 0 Å². The molecule has 3 aromatic rings. The Balaban J connectivity index is 1.82. The smallest absolute Gasteiger partial charge is 0.320 e. The third kappa shape index (κ3) is 7.22. The molecule has 1 fully saturated rings. The van der Waals surface area contributed by atoms with Crippen LogP contribution < -0.4 is 5.73 Å². The first-order valence-electron chi connectivity index (χ1n) is 13.5. The highest BCUT2D eigenvalue weighted by Gasteiger charge is 2.40. The molecule has 4 rings (SSSR count). The summed E-state index contributed by atoms with van der Waals surface area (Å²) in [5.41, 5.74) is 7.87. The van der Waals surface area contributed by atoms with Gasteiger partial charge in [0.05, 0.1) is 24.9 Å². The Morgan fingerprint density at radius 2 is 1.85 bits per heavy atom. The molecule has 0 radical (unpaired) electrons. The number of carbonyl (C=O) groups excluding carboxylic acids is 1. The van der Waals surface area contributed by atoms with Gasteiger partial charge in [0.15, 0.2) is 0 Å². The van der Waals surface area contributed by atoms with Crippen LogP contribution in [0.1, 0.15) is 44.6 Å². The van der Waals surface area contributed by atoms with Crippen LogP contribution in [0.2, 0.25) is 0 Å². The van der Waals surface area contributed by atoms with E-state index in [1.54, 1.807) is 15.9 Å². The van der Waals surface area contributed by atoms with Crippen LogP contribution in [-0.2, 0) is 11.3 Å². The largest absolute Gasteiger partial charge is 0.378 e. The summed E-state index contributed by atoms with van der Waals surface area (Å²) in [5.74, 6) is 0.337. The maximum absolute atomic E-state index is 14.2. The minimum absolute atomic E-state index is 0.147. The van der Waals surface area contributed by atoms with Gasteiger partial charge in [-0.3, -0.25) is 0 Å². The number of imidazole rings is 1. The van der Waals surface area contributed by atoms with Gasteiger partial charge in [-0.1, -0.05) is 63.2 Å². The van der Waals surface area contributed by atoms with Crippen molar-refractivity contribution in [3.8, 4) is 11.3 Å². The maximum Gasteiger partial charge on any atom is 0.320 e. The van der Waals surface area contributed by atoms with Gasteiger partial charge in [-0.25, -0.2) is 18.6 Å². The fourth-order valence-corrected chi connectivity index (χ4v) is 4.99. The lowest BCUT2D eigenvalue weighted by Crippen LogP contribution is -2.52. The van der Waals surface area contributed by atoms with Crippen LogP contribution in [0.5, 0.6) is 0 Å². The number of alkyl halides is 1. The highest BCUT2D eigenvalue weighted by atomic mass is 19.1. The molecule has 7 nitrogen and oxygen atoms in total. The monoisotopic (exact) mass is 539 g/mol. The Morgan fingerprint density at radius 1 is 1.13 bits per heavy atom. The number of hydrogen-bond acceptors (Lipinski definition) is 4. The van der Waals surface area contributed by atoms with Crippen molar-refractivity contribution in [3.05, 3.63) is 78.0 Å². The predicted octanol–water partition coefficient (Wildman–Crippen LogP) is 5.27. The molecule has 0 saturated carbocycles. The van der Waals surface area contributed by atoms with Crippen LogP contribution in [0.4, 0.5) is 13.6 Å². The Labute approximate surface area is 229 Å². The van der Waals surface area contributed by atoms with E-state index in [0.29, 0.717) is 56.4 Å². The van der Waals surface area contributed by atoms with Gasteiger partial charge in [0.25, 0.3) is 0 Å². The van der Waals surface area contributed by atoms with Gasteiger partial charge in [-0.15, -0.1) is 0 Å². The first-order valence-corrected chi connectivity index (χ1v) is 13.5. The lowest BCUT2D eigenvalue weighted by molar-refractivity contribution is 0.0277. The third-order valence-corrected chi connectivity index (χ3v) is 6.97. The second-order valence-electron chi connectivity index (χ2n) is 11.2. The second-order valence-corrected chi connectivity index (χ2v) is 11.2.